The van der Waals surface area contributed by atoms with E-state index in [4.69, 9.17) is 14.7 Å². The Kier molecular flexibility index (Phi) is 4.10. The molecule has 0 amide bonds. The molecule has 0 saturated heterocycles. The number of hydrogen-bond acceptors (Lipinski definition) is 8. The summed E-state index contributed by atoms with van der Waals surface area (Å²) in [6.45, 7) is 0.403. The second-order valence-corrected chi connectivity index (χ2v) is 5.81. The average Bonchev–Trinajstić information content (AvgIpc) is 2.87. The topological polar surface area (TPSA) is 112 Å². The summed E-state index contributed by atoms with van der Waals surface area (Å²) in [7, 11) is 1.48. The fourth-order valence-corrected chi connectivity index (χ4v) is 2.78. The number of methoxy groups -OCH3 is 1. The maximum absolute atomic E-state index is 10.00. The molecule has 0 fully saturated rings. The Morgan fingerprint density at radius 1 is 1.30 bits per heavy atom. The van der Waals surface area contributed by atoms with Crippen molar-refractivity contribution in [1.29, 1.82) is 5.26 Å². The van der Waals surface area contributed by atoms with Gasteiger partial charge < -0.3 is 25.2 Å². The highest BCUT2D eigenvalue weighted by molar-refractivity contribution is 5.76. The number of nitrogens with one attached hydrogen (secondary N) is 2. The number of fused-ring (bicyclic) bond motifs is 2. The van der Waals surface area contributed by atoms with Crippen LogP contribution < -0.4 is 20.1 Å². The normalized spacial score (nSPS) is 11.7. The predicted octanol–water partition coefficient (Wildman–Crippen LogP) is 3.52. The zero-order chi connectivity index (χ0) is 18.8. The van der Waals surface area contributed by atoms with E-state index in [1.54, 1.807) is 30.3 Å². The first-order valence-corrected chi connectivity index (χ1v) is 8.11. The van der Waals surface area contributed by atoms with Crippen molar-refractivity contribution in [3.8, 4) is 29.2 Å². The first-order chi connectivity index (χ1) is 13.2. The molecule has 0 bridgehead atoms. The maximum Gasteiger partial charge on any atom is 0.248 e. The maximum atomic E-state index is 10.00. The van der Waals surface area contributed by atoms with Gasteiger partial charge in [0.25, 0.3) is 0 Å². The van der Waals surface area contributed by atoms with Gasteiger partial charge in [0.05, 0.1) is 18.7 Å². The van der Waals surface area contributed by atoms with Crippen molar-refractivity contribution >= 4 is 17.2 Å². The van der Waals surface area contributed by atoms with Gasteiger partial charge in [-0.25, -0.2) is 4.98 Å². The summed E-state index contributed by atoms with van der Waals surface area (Å²) < 4.78 is 11.1. The van der Waals surface area contributed by atoms with Crippen LogP contribution in [-0.4, -0.2) is 22.2 Å². The molecule has 8 heteroatoms. The third-order valence-corrected chi connectivity index (χ3v) is 4.09. The van der Waals surface area contributed by atoms with E-state index in [1.807, 2.05) is 6.07 Å². The van der Waals surface area contributed by atoms with Gasteiger partial charge in [-0.05, 0) is 24.3 Å². The van der Waals surface area contributed by atoms with Gasteiger partial charge in [-0.2, -0.15) is 10.2 Å². The largest absolute Gasteiger partial charge is 0.504 e. The molecule has 8 nitrogen and oxygen atoms in total. The van der Waals surface area contributed by atoms with Crippen molar-refractivity contribution in [2.45, 2.75) is 6.54 Å². The second-order valence-electron chi connectivity index (χ2n) is 5.81. The lowest BCUT2D eigenvalue weighted by molar-refractivity contribution is 0.368. The number of ether oxygens (including phenoxy) is 2. The van der Waals surface area contributed by atoms with Crippen LogP contribution in [-0.2, 0) is 6.54 Å². The van der Waals surface area contributed by atoms with E-state index in [0.29, 0.717) is 41.0 Å². The molecular weight excluding hydrogens is 346 g/mol. The van der Waals surface area contributed by atoms with Crippen LogP contribution in [0.2, 0.25) is 0 Å². The van der Waals surface area contributed by atoms with Gasteiger partial charge in [-0.1, -0.05) is 6.07 Å². The number of rotatable bonds is 3. The Morgan fingerprint density at radius 2 is 2.19 bits per heavy atom. The molecule has 0 spiro atoms. The lowest BCUT2D eigenvalue weighted by Crippen LogP contribution is -2.04. The van der Waals surface area contributed by atoms with Crippen molar-refractivity contribution in [2.75, 3.05) is 17.7 Å². The van der Waals surface area contributed by atoms with E-state index >= 15 is 0 Å². The van der Waals surface area contributed by atoms with Crippen LogP contribution in [0.5, 0.6) is 23.1 Å². The molecule has 1 aromatic heterocycles. The van der Waals surface area contributed by atoms with E-state index < -0.39 is 0 Å². The molecule has 134 valence electrons. The van der Waals surface area contributed by atoms with Crippen LogP contribution in [0.1, 0.15) is 11.1 Å². The zero-order valence-electron chi connectivity index (χ0n) is 14.4. The summed E-state index contributed by atoms with van der Waals surface area (Å²) in [5.74, 6) is 1.74. The molecular formula is C19H15N5O3. The summed E-state index contributed by atoms with van der Waals surface area (Å²) >= 11 is 0. The van der Waals surface area contributed by atoms with E-state index in [9.17, 15) is 5.11 Å². The Hall–Kier alpha value is -3.99. The number of phenols is 1. The highest BCUT2D eigenvalue weighted by Crippen LogP contribution is 2.42. The number of aromatic nitrogens is 2. The second kappa shape index (κ2) is 6.72. The molecule has 27 heavy (non-hydrogen) atoms. The molecule has 2 aromatic carbocycles. The molecule has 4 rings (SSSR count). The van der Waals surface area contributed by atoms with E-state index in [0.717, 1.165) is 11.3 Å². The van der Waals surface area contributed by atoms with Crippen molar-refractivity contribution in [3.05, 3.63) is 53.9 Å². The van der Waals surface area contributed by atoms with Gasteiger partial charge in [0.1, 0.15) is 17.8 Å². The molecule has 2 heterocycles. The lowest BCUT2D eigenvalue weighted by Gasteiger charge is -2.13. The fraction of sp³-hybridized carbons (Fsp3) is 0.105. The van der Waals surface area contributed by atoms with Gasteiger partial charge in [0.2, 0.25) is 5.88 Å². The minimum Gasteiger partial charge on any atom is -0.504 e. The van der Waals surface area contributed by atoms with Gasteiger partial charge in [-0.3, -0.25) is 0 Å². The third-order valence-electron chi connectivity index (χ3n) is 4.09. The SMILES string of the molecule is COc1cc2c(cc1O)CNc1c(Nc3cccc(C#N)c3)ncnc1O2. The minimum atomic E-state index is 0.0327. The van der Waals surface area contributed by atoms with Crippen molar-refractivity contribution in [1.82, 2.24) is 9.97 Å². The summed E-state index contributed by atoms with van der Waals surface area (Å²) in [5, 5.41) is 25.5. The Morgan fingerprint density at radius 3 is 3.00 bits per heavy atom. The lowest BCUT2D eigenvalue weighted by atomic mass is 10.1. The van der Waals surface area contributed by atoms with Crippen molar-refractivity contribution < 1.29 is 14.6 Å². The van der Waals surface area contributed by atoms with Gasteiger partial charge >= 0.3 is 0 Å². The summed E-state index contributed by atoms with van der Waals surface area (Å²) in [5.41, 5.74) is 2.59. The monoisotopic (exact) mass is 361 g/mol. The fourth-order valence-electron chi connectivity index (χ4n) is 2.78. The van der Waals surface area contributed by atoms with Crippen LogP contribution in [0.25, 0.3) is 0 Å². The predicted molar refractivity (Wildman–Crippen MR) is 98.5 cm³/mol. The molecule has 3 N–H and O–H groups in total. The van der Waals surface area contributed by atoms with Crippen molar-refractivity contribution in [3.63, 3.8) is 0 Å². The van der Waals surface area contributed by atoms with E-state index in [1.165, 1.54) is 13.4 Å². The molecule has 1 aliphatic heterocycles. The first-order valence-electron chi connectivity index (χ1n) is 8.11. The number of nitrogens with zero attached hydrogens (tertiary/aromatic N) is 3. The van der Waals surface area contributed by atoms with Crippen LogP contribution >= 0.6 is 0 Å². The third kappa shape index (κ3) is 3.14. The highest BCUT2D eigenvalue weighted by atomic mass is 16.5. The van der Waals surface area contributed by atoms with E-state index in [-0.39, 0.29) is 5.75 Å². The summed E-state index contributed by atoms with van der Waals surface area (Å²) in [6, 6.07) is 12.4. The standard InChI is InChI=1S/C19H15N5O3/c1-26-16-7-15-12(6-14(16)25)9-21-17-18(22-10-23-19(17)27-15)24-13-4-2-3-11(5-13)8-20/h2-7,10,21,25H,9H2,1H3,(H,22,23,24). The minimum absolute atomic E-state index is 0.0327. The van der Waals surface area contributed by atoms with Gasteiger partial charge in [-0.15, -0.1) is 0 Å². The highest BCUT2D eigenvalue weighted by Gasteiger charge is 2.21. The number of benzene rings is 2. The van der Waals surface area contributed by atoms with Gasteiger partial charge in [0, 0.05) is 23.9 Å². The van der Waals surface area contributed by atoms with E-state index in [2.05, 4.69) is 26.7 Å². The van der Waals surface area contributed by atoms with Crippen LogP contribution in [0, 0.1) is 11.3 Å². The summed E-state index contributed by atoms with van der Waals surface area (Å²) in [4.78, 5) is 8.48. The smallest absolute Gasteiger partial charge is 0.248 e. The molecule has 0 unspecified atom stereocenters. The number of aromatic hydroxyl groups is 1. The van der Waals surface area contributed by atoms with Crippen LogP contribution in [0.15, 0.2) is 42.7 Å². The molecule has 0 radical (unpaired) electrons. The molecule has 0 saturated carbocycles. The van der Waals surface area contributed by atoms with Crippen molar-refractivity contribution in [2.24, 2.45) is 0 Å². The number of hydrogen-bond donors (Lipinski definition) is 3. The molecule has 0 aliphatic carbocycles. The Labute approximate surface area is 155 Å². The molecule has 1 aliphatic rings. The molecule has 3 aromatic rings. The number of nitriles is 1. The number of anilines is 3. The molecule has 0 atom stereocenters. The zero-order valence-corrected chi connectivity index (χ0v) is 14.4. The first kappa shape index (κ1) is 16.5. The Balaban J connectivity index is 1.70. The quantitative estimate of drug-likeness (QED) is 0.649. The number of phenolic OH excluding ortho intramolecular Hbond substituents is 1. The van der Waals surface area contributed by atoms with Gasteiger partial charge in [0.15, 0.2) is 17.3 Å². The Bertz CT molecular complexity index is 1060. The van der Waals surface area contributed by atoms with Crippen LogP contribution in [0.3, 0.4) is 0 Å². The summed E-state index contributed by atoms with van der Waals surface area (Å²) in [6.07, 6.45) is 1.39. The van der Waals surface area contributed by atoms with Crippen LogP contribution in [0.4, 0.5) is 17.2 Å². The average molecular weight is 361 g/mol.